The fourth-order valence-electron chi connectivity index (χ4n) is 5.07. The van der Waals surface area contributed by atoms with Gasteiger partial charge in [-0.3, -0.25) is 0 Å². The van der Waals surface area contributed by atoms with Crippen LogP contribution in [-0.4, -0.2) is 29.1 Å². The van der Waals surface area contributed by atoms with Crippen molar-refractivity contribution in [2.75, 3.05) is 19.6 Å². The summed E-state index contributed by atoms with van der Waals surface area (Å²) in [5, 5.41) is 0. The van der Waals surface area contributed by atoms with Gasteiger partial charge in [-0.1, -0.05) is 26.7 Å². The third-order valence-electron chi connectivity index (χ3n) is 6.29. The van der Waals surface area contributed by atoms with Gasteiger partial charge in [0.2, 0.25) is 0 Å². The average molecular weight is 331 g/mol. The van der Waals surface area contributed by atoms with Crippen molar-refractivity contribution in [3.8, 4) is 0 Å². The lowest BCUT2D eigenvalue weighted by atomic mass is 9.91. The predicted octanol–water partition coefficient (Wildman–Crippen LogP) is 5.15. The summed E-state index contributed by atoms with van der Waals surface area (Å²) in [4.78, 5) is 2.69. The van der Waals surface area contributed by atoms with Gasteiger partial charge < -0.3 is 9.47 Å². The Hall–Kier alpha value is -0.760. The van der Waals surface area contributed by atoms with Crippen LogP contribution in [0.25, 0.3) is 0 Å². The predicted molar refractivity (Wildman–Crippen MR) is 104 cm³/mol. The van der Waals surface area contributed by atoms with E-state index >= 15 is 0 Å². The molecule has 2 nitrogen and oxygen atoms in total. The lowest BCUT2D eigenvalue weighted by Crippen LogP contribution is -2.30. The van der Waals surface area contributed by atoms with E-state index in [4.69, 9.17) is 0 Å². The molecule has 3 rings (SSSR count). The van der Waals surface area contributed by atoms with Gasteiger partial charge in [0.1, 0.15) is 0 Å². The molecule has 2 heterocycles. The largest absolute Gasteiger partial charge is 0.348 e. The van der Waals surface area contributed by atoms with Crippen molar-refractivity contribution in [1.29, 1.82) is 0 Å². The van der Waals surface area contributed by atoms with Gasteiger partial charge in [-0.2, -0.15) is 0 Å². The van der Waals surface area contributed by atoms with E-state index < -0.39 is 0 Å². The lowest BCUT2D eigenvalue weighted by molar-refractivity contribution is 0.224. The Morgan fingerprint density at radius 3 is 1.83 bits per heavy atom. The van der Waals surface area contributed by atoms with Gasteiger partial charge in [0, 0.05) is 17.9 Å². The number of nitrogens with zero attached hydrogens (tertiary/aromatic N) is 2. The highest BCUT2D eigenvalue weighted by Gasteiger charge is 2.22. The summed E-state index contributed by atoms with van der Waals surface area (Å²) in [5.74, 6) is 0. The summed E-state index contributed by atoms with van der Waals surface area (Å²) in [6, 6.07) is 0. The maximum Gasteiger partial charge on any atom is 0.0225 e. The molecule has 0 radical (unpaired) electrons. The molecular weight excluding hydrogens is 292 g/mol. The molecule has 1 aromatic heterocycles. The summed E-state index contributed by atoms with van der Waals surface area (Å²) >= 11 is 0. The van der Waals surface area contributed by atoms with Gasteiger partial charge in [0.25, 0.3) is 0 Å². The van der Waals surface area contributed by atoms with Crippen LogP contribution in [-0.2, 0) is 32.2 Å². The van der Waals surface area contributed by atoms with Crippen molar-refractivity contribution >= 4 is 0 Å². The number of likely N-dealkylation sites (tertiary alicyclic amines) is 1. The maximum absolute atomic E-state index is 2.73. The molecule has 0 N–H and O–H groups in total. The zero-order chi connectivity index (χ0) is 16.8. The van der Waals surface area contributed by atoms with E-state index in [1.807, 2.05) is 0 Å². The highest BCUT2D eigenvalue weighted by Crippen LogP contribution is 2.31. The van der Waals surface area contributed by atoms with Gasteiger partial charge in [-0.25, -0.2) is 0 Å². The van der Waals surface area contributed by atoms with Crippen molar-refractivity contribution in [2.24, 2.45) is 0 Å². The van der Waals surface area contributed by atoms with Gasteiger partial charge in [-0.05, 0) is 95.0 Å². The minimum absolute atomic E-state index is 1.22. The zero-order valence-electron chi connectivity index (χ0n) is 16.2. The van der Waals surface area contributed by atoms with Crippen molar-refractivity contribution < 1.29 is 0 Å². The van der Waals surface area contributed by atoms with E-state index in [0.29, 0.717) is 0 Å². The molecule has 2 heteroatoms. The first-order valence-electron chi connectivity index (χ1n) is 10.8. The molecule has 2 aliphatic rings. The fraction of sp³-hybridized carbons (Fsp3) is 0.818. The molecule has 0 amide bonds. The SMILES string of the molecule is CCc1c2c(c(CC)n1CCCCCN1CCCCC1)CCCC2. The van der Waals surface area contributed by atoms with Crippen LogP contribution in [0.5, 0.6) is 0 Å². The standard InChI is InChI=1S/C22H38N2/c1-3-21-19-13-7-8-14-20(19)22(4-2)24(21)18-12-6-11-17-23-15-9-5-10-16-23/h3-18H2,1-2H3. The van der Waals surface area contributed by atoms with Gasteiger partial charge in [0.15, 0.2) is 0 Å². The van der Waals surface area contributed by atoms with E-state index in [2.05, 4.69) is 23.3 Å². The molecule has 0 unspecified atom stereocenters. The highest BCUT2D eigenvalue weighted by atomic mass is 15.1. The van der Waals surface area contributed by atoms with E-state index in [9.17, 15) is 0 Å². The topological polar surface area (TPSA) is 8.17 Å². The van der Waals surface area contributed by atoms with Crippen molar-refractivity contribution in [2.45, 2.75) is 97.4 Å². The van der Waals surface area contributed by atoms with Crippen molar-refractivity contribution in [1.82, 2.24) is 9.47 Å². The molecule has 136 valence electrons. The summed E-state index contributed by atoms with van der Waals surface area (Å²) in [6.45, 7) is 10.0. The Balaban J connectivity index is 1.53. The number of hydrogen-bond acceptors (Lipinski definition) is 1. The number of hydrogen-bond donors (Lipinski definition) is 0. The number of fused-ring (bicyclic) bond motifs is 1. The molecule has 0 atom stereocenters. The minimum Gasteiger partial charge on any atom is -0.348 e. The zero-order valence-corrected chi connectivity index (χ0v) is 16.2. The van der Waals surface area contributed by atoms with E-state index in [0.717, 1.165) is 0 Å². The molecule has 1 aromatic rings. The van der Waals surface area contributed by atoms with Crippen LogP contribution in [0.4, 0.5) is 0 Å². The molecule has 1 aliphatic heterocycles. The number of rotatable bonds is 8. The first-order valence-corrected chi connectivity index (χ1v) is 10.8. The second-order valence-corrected chi connectivity index (χ2v) is 7.88. The summed E-state index contributed by atoms with van der Waals surface area (Å²) in [7, 11) is 0. The Morgan fingerprint density at radius 1 is 0.667 bits per heavy atom. The molecule has 0 saturated carbocycles. The molecule has 0 aromatic carbocycles. The van der Waals surface area contributed by atoms with E-state index in [1.165, 1.54) is 103 Å². The monoisotopic (exact) mass is 330 g/mol. The second kappa shape index (κ2) is 9.08. The van der Waals surface area contributed by atoms with Gasteiger partial charge in [0.05, 0.1) is 0 Å². The molecular formula is C22H38N2. The minimum atomic E-state index is 1.22. The van der Waals surface area contributed by atoms with Gasteiger partial charge in [-0.15, -0.1) is 0 Å². The summed E-state index contributed by atoms with van der Waals surface area (Å²) in [5.41, 5.74) is 6.85. The Bertz CT molecular complexity index is 477. The molecule has 24 heavy (non-hydrogen) atoms. The van der Waals surface area contributed by atoms with E-state index in [1.54, 1.807) is 22.5 Å². The van der Waals surface area contributed by atoms with Crippen LogP contribution < -0.4 is 0 Å². The van der Waals surface area contributed by atoms with Crippen molar-refractivity contribution in [3.05, 3.63) is 22.5 Å². The molecule has 1 fully saturated rings. The van der Waals surface area contributed by atoms with Crippen LogP contribution >= 0.6 is 0 Å². The Morgan fingerprint density at radius 2 is 1.25 bits per heavy atom. The third-order valence-corrected chi connectivity index (χ3v) is 6.29. The van der Waals surface area contributed by atoms with Crippen molar-refractivity contribution in [3.63, 3.8) is 0 Å². The van der Waals surface area contributed by atoms with Crippen LogP contribution in [0.1, 0.15) is 87.7 Å². The first kappa shape index (κ1) is 18.0. The van der Waals surface area contributed by atoms with Crippen LogP contribution in [0.15, 0.2) is 0 Å². The third kappa shape index (κ3) is 4.07. The number of unbranched alkanes of at least 4 members (excludes halogenated alkanes) is 2. The molecule has 0 spiro atoms. The van der Waals surface area contributed by atoms with E-state index in [-0.39, 0.29) is 0 Å². The lowest BCUT2D eigenvalue weighted by Gasteiger charge is -2.26. The average Bonchev–Trinajstić information content (AvgIpc) is 2.94. The van der Waals surface area contributed by atoms with Crippen LogP contribution in [0.2, 0.25) is 0 Å². The van der Waals surface area contributed by atoms with Crippen LogP contribution in [0.3, 0.4) is 0 Å². The number of aromatic nitrogens is 1. The molecule has 1 saturated heterocycles. The summed E-state index contributed by atoms with van der Waals surface area (Å²) < 4.78 is 2.73. The van der Waals surface area contributed by atoms with Crippen LogP contribution in [0, 0.1) is 0 Å². The maximum atomic E-state index is 2.73. The highest BCUT2D eigenvalue weighted by molar-refractivity contribution is 5.40. The second-order valence-electron chi connectivity index (χ2n) is 7.88. The summed E-state index contributed by atoms with van der Waals surface area (Å²) in [6.07, 6.45) is 16.4. The van der Waals surface area contributed by atoms with Gasteiger partial charge >= 0.3 is 0 Å². The normalized spacial score (nSPS) is 18.8. The Kier molecular flexibility index (Phi) is 6.83. The fourth-order valence-corrected chi connectivity index (χ4v) is 5.07. The molecule has 0 bridgehead atoms. The molecule has 1 aliphatic carbocycles. The quantitative estimate of drug-likeness (QED) is 0.599. The number of piperidine rings is 1. The first-order chi connectivity index (χ1) is 11.8. The Labute approximate surface area is 149 Å². The smallest absolute Gasteiger partial charge is 0.0225 e.